The van der Waals surface area contributed by atoms with Crippen molar-refractivity contribution in [3.63, 3.8) is 0 Å². The van der Waals surface area contributed by atoms with Crippen LogP contribution in [0.4, 0.5) is 0 Å². The summed E-state index contributed by atoms with van der Waals surface area (Å²) in [7, 11) is 1.27. The van der Waals surface area contributed by atoms with Crippen LogP contribution >= 0.6 is 0 Å². The summed E-state index contributed by atoms with van der Waals surface area (Å²) in [6.07, 6.45) is 12.9. The van der Waals surface area contributed by atoms with Crippen LogP contribution in [0.2, 0.25) is 0 Å². The van der Waals surface area contributed by atoms with Crippen molar-refractivity contribution in [2.75, 3.05) is 13.7 Å². The van der Waals surface area contributed by atoms with Crippen LogP contribution in [-0.2, 0) is 25.6 Å². The van der Waals surface area contributed by atoms with E-state index >= 15 is 0 Å². The first-order valence-electron chi connectivity index (χ1n) is 14.4. The van der Waals surface area contributed by atoms with Crippen molar-refractivity contribution in [3.05, 3.63) is 53.6 Å². The number of fused-ring (bicyclic) bond motifs is 5. The minimum absolute atomic E-state index is 0.00207. The zero-order valence-corrected chi connectivity index (χ0v) is 24.0. The first-order valence-corrected chi connectivity index (χ1v) is 14.4. The molecule has 216 valence electrons. The number of ether oxygens (including phenoxy) is 1. The van der Waals surface area contributed by atoms with E-state index in [0.29, 0.717) is 23.5 Å². The molecule has 0 aliphatic heterocycles. The number of esters is 1. The fourth-order valence-corrected chi connectivity index (χ4v) is 8.11. The van der Waals surface area contributed by atoms with Gasteiger partial charge in [-0.3, -0.25) is 4.79 Å². The average molecular weight is 551 g/mol. The number of oxime groups is 1. The third-order valence-electron chi connectivity index (χ3n) is 10.7. The van der Waals surface area contributed by atoms with E-state index in [1.807, 2.05) is 13.0 Å². The lowest BCUT2D eigenvalue weighted by Gasteiger charge is -2.58. The second-order valence-corrected chi connectivity index (χ2v) is 12.8. The molecule has 1 amide bonds. The van der Waals surface area contributed by atoms with Crippen LogP contribution in [0.15, 0.2) is 53.2 Å². The van der Waals surface area contributed by atoms with Crippen molar-refractivity contribution in [1.82, 2.24) is 5.32 Å². The predicted octanol–water partition coefficient (Wildman–Crippen LogP) is 4.45. The summed E-state index contributed by atoms with van der Waals surface area (Å²) in [5.41, 5.74) is 2.20. The maximum Gasteiger partial charge on any atom is 0.328 e. The molecular weight excluding hydrogens is 508 g/mol. The molecule has 4 aliphatic rings. The van der Waals surface area contributed by atoms with Crippen LogP contribution in [0.3, 0.4) is 0 Å². The van der Waals surface area contributed by atoms with E-state index in [0.717, 1.165) is 44.1 Å². The summed E-state index contributed by atoms with van der Waals surface area (Å²) >= 11 is 0. The van der Waals surface area contributed by atoms with Crippen LogP contribution in [-0.4, -0.2) is 53.2 Å². The van der Waals surface area contributed by atoms with E-state index in [9.17, 15) is 19.8 Å². The molecule has 0 spiro atoms. The first-order chi connectivity index (χ1) is 19.0. The van der Waals surface area contributed by atoms with Crippen LogP contribution in [0, 0.1) is 28.6 Å². The van der Waals surface area contributed by atoms with Crippen LogP contribution in [0.5, 0.6) is 5.75 Å². The number of methoxy groups -OCH3 is 1. The highest BCUT2D eigenvalue weighted by Crippen LogP contribution is 2.66. The number of carbonyl (C=O) groups excluding carboxylic acids is 2. The Morgan fingerprint density at radius 3 is 2.55 bits per heavy atom. The summed E-state index contributed by atoms with van der Waals surface area (Å²) in [5.74, 6) is 0.809. The number of aromatic hydroxyl groups is 1. The summed E-state index contributed by atoms with van der Waals surface area (Å²) in [6, 6.07) is 5.55. The van der Waals surface area contributed by atoms with E-state index < -0.39 is 23.5 Å². The Labute approximate surface area is 236 Å². The number of aliphatic hydroxyl groups is 1. The normalized spacial score (nSPS) is 36.1. The molecule has 8 nitrogen and oxygen atoms in total. The number of hydrogen-bond acceptors (Lipinski definition) is 7. The molecule has 0 saturated heterocycles. The minimum Gasteiger partial charge on any atom is -0.508 e. The van der Waals surface area contributed by atoms with Gasteiger partial charge < -0.3 is 25.1 Å². The Morgan fingerprint density at radius 1 is 1.10 bits per heavy atom. The average Bonchev–Trinajstić information content (AvgIpc) is 3.17. The molecule has 3 N–H and O–H groups in total. The van der Waals surface area contributed by atoms with E-state index in [4.69, 9.17) is 9.57 Å². The minimum atomic E-state index is -0.883. The van der Waals surface area contributed by atoms with E-state index in [2.05, 4.69) is 36.5 Å². The lowest BCUT2D eigenvalue weighted by atomic mass is 9.47. The number of amides is 1. The van der Waals surface area contributed by atoms with Crippen molar-refractivity contribution in [2.24, 2.45) is 33.7 Å². The summed E-state index contributed by atoms with van der Waals surface area (Å²) in [6.45, 7) is 6.36. The molecule has 3 saturated carbocycles. The van der Waals surface area contributed by atoms with Crippen LogP contribution in [0.25, 0.3) is 0 Å². The smallest absolute Gasteiger partial charge is 0.328 e. The van der Waals surface area contributed by atoms with Gasteiger partial charge in [0.15, 0.2) is 6.61 Å². The molecule has 3 fully saturated rings. The first kappa shape index (κ1) is 28.4. The van der Waals surface area contributed by atoms with Gasteiger partial charge in [-0.05, 0) is 98.5 Å². The van der Waals surface area contributed by atoms with Crippen LogP contribution in [0.1, 0.15) is 64.9 Å². The molecule has 8 heteroatoms. The molecule has 4 aliphatic carbocycles. The van der Waals surface area contributed by atoms with E-state index in [-0.39, 0.29) is 29.6 Å². The Bertz CT molecular complexity index is 1230. The monoisotopic (exact) mass is 550 g/mol. The molecule has 1 aromatic carbocycles. The number of carbonyl (C=O) groups is 2. The maximum absolute atomic E-state index is 12.6. The number of nitrogens with zero attached hydrogens (tertiary/aromatic N) is 1. The molecule has 0 bridgehead atoms. The lowest BCUT2D eigenvalue weighted by Crippen LogP contribution is -2.53. The molecule has 7 atom stereocenters. The third-order valence-corrected chi connectivity index (χ3v) is 10.7. The van der Waals surface area contributed by atoms with Gasteiger partial charge >= 0.3 is 5.97 Å². The molecule has 5 rings (SSSR count). The van der Waals surface area contributed by atoms with Gasteiger partial charge in [-0.2, -0.15) is 0 Å². The molecule has 4 unspecified atom stereocenters. The van der Waals surface area contributed by atoms with Gasteiger partial charge in [0.25, 0.3) is 5.91 Å². The van der Waals surface area contributed by atoms with E-state index in [1.54, 1.807) is 12.1 Å². The maximum atomic E-state index is 12.6. The molecular formula is C32H42N2O6. The van der Waals surface area contributed by atoms with Crippen molar-refractivity contribution in [1.29, 1.82) is 0 Å². The number of nitrogens with one attached hydrogen (secondary N) is 1. The van der Waals surface area contributed by atoms with Gasteiger partial charge in [0.2, 0.25) is 0 Å². The van der Waals surface area contributed by atoms with Gasteiger partial charge in [0, 0.05) is 11.8 Å². The van der Waals surface area contributed by atoms with Gasteiger partial charge in [-0.25, -0.2) is 4.79 Å². The lowest BCUT2D eigenvalue weighted by molar-refractivity contribution is -0.145. The van der Waals surface area contributed by atoms with Crippen LogP contribution < -0.4 is 5.32 Å². The van der Waals surface area contributed by atoms with Crippen molar-refractivity contribution >= 4 is 17.6 Å². The van der Waals surface area contributed by atoms with Gasteiger partial charge in [-0.1, -0.05) is 42.8 Å². The summed E-state index contributed by atoms with van der Waals surface area (Å²) in [5, 5.41) is 27.5. The highest BCUT2D eigenvalue weighted by Gasteiger charge is 2.62. The number of phenols is 1. The second-order valence-electron chi connectivity index (χ2n) is 12.8. The second kappa shape index (κ2) is 10.7. The highest BCUT2D eigenvalue weighted by molar-refractivity contribution is 6.05. The summed E-state index contributed by atoms with van der Waals surface area (Å²) in [4.78, 5) is 30.2. The van der Waals surface area contributed by atoms with Gasteiger partial charge in [-0.15, -0.1) is 0 Å². The fraction of sp³-hybridized carbons (Fsp3) is 0.594. The fourth-order valence-electron chi connectivity index (χ4n) is 8.11. The molecule has 0 heterocycles. The third kappa shape index (κ3) is 5.06. The Balaban J connectivity index is 1.19. The molecule has 0 radical (unpaired) electrons. The van der Waals surface area contributed by atoms with Gasteiger partial charge in [0.1, 0.15) is 17.5 Å². The molecule has 40 heavy (non-hydrogen) atoms. The number of benzene rings is 1. The standard InChI is InChI=1S/C32H42N2O6/c1-30-14-11-22(18-21(30)7-10-24-25(30)12-15-31(2)26(24)13-16-32(31,3)38)34-40-19-28(36)33-27(29(37)39-4)17-20-5-8-23(35)9-6-20/h5-6,8-9,11,14,18,24-27,35,38H,7,10,12-13,15-17,19H2,1-4H3,(H,33,36)/b34-22+/t24?,25?,26?,27?,30-,31-,32-/m0/s1. The topological polar surface area (TPSA) is 117 Å². The van der Waals surface area contributed by atoms with Crippen molar-refractivity contribution in [3.8, 4) is 5.75 Å². The number of rotatable bonds is 7. The van der Waals surface area contributed by atoms with E-state index in [1.165, 1.54) is 24.8 Å². The predicted molar refractivity (Wildman–Crippen MR) is 151 cm³/mol. The zero-order chi connectivity index (χ0) is 28.7. The van der Waals surface area contributed by atoms with Crippen molar-refractivity contribution in [2.45, 2.75) is 77.4 Å². The quantitative estimate of drug-likeness (QED) is 0.341. The highest BCUT2D eigenvalue weighted by atomic mass is 16.6. The number of hydrogen-bond donors (Lipinski definition) is 3. The number of phenolic OH excluding ortho intramolecular Hbond substituents is 1. The zero-order valence-electron chi connectivity index (χ0n) is 24.0. The largest absolute Gasteiger partial charge is 0.508 e. The van der Waals surface area contributed by atoms with Crippen molar-refractivity contribution < 1.29 is 29.4 Å². The Kier molecular flexibility index (Phi) is 7.59. The molecule has 0 aromatic heterocycles. The number of allylic oxidation sites excluding steroid dienone is 4. The SMILES string of the molecule is COC(=O)C(Cc1ccc(O)cc1)NC(=O)CO/N=C1\C=C[C@@]2(C)C(=C1)CCC1C2CC[C@@]2(C)C1CC[C@]2(C)O. The summed E-state index contributed by atoms with van der Waals surface area (Å²) < 4.78 is 4.84. The Hall–Kier alpha value is -3.13. The Morgan fingerprint density at radius 2 is 1.82 bits per heavy atom. The molecule has 1 aromatic rings. The van der Waals surface area contributed by atoms with Gasteiger partial charge in [0.05, 0.1) is 12.7 Å².